The largest absolute Gasteiger partial charge is 0.352 e. The van der Waals surface area contributed by atoms with Crippen molar-refractivity contribution in [3.63, 3.8) is 0 Å². The minimum Gasteiger partial charge on any atom is -0.352 e. The van der Waals surface area contributed by atoms with E-state index in [0.717, 1.165) is 25.0 Å². The molecular formula is C11H19N5O. The number of nitrogens with one attached hydrogen (secondary N) is 1. The Balaban J connectivity index is 2.00. The number of carbonyl (C=O) groups is 1. The van der Waals surface area contributed by atoms with Gasteiger partial charge in [-0.05, 0) is 26.2 Å². The number of nitrogens with zero attached hydrogens (tertiary/aromatic N) is 3. The molecule has 0 aromatic carbocycles. The van der Waals surface area contributed by atoms with Crippen LogP contribution in [0.3, 0.4) is 0 Å². The van der Waals surface area contributed by atoms with Gasteiger partial charge in [0.2, 0.25) is 5.91 Å². The van der Waals surface area contributed by atoms with Gasteiger partial charge in [-0.25, -0.2) is 4.68 Å². The second-order valence-corrected chi connectivity index (χ2v) is 4.60. The molecule has 2 unspecified atom stereocenters. The van der Waals surface area contributed by atoms with Crippen LogP contribution in [-0.2, 0) is 4.79 Å². The molecule has 1 heterocycles. The van der Waals surface area contributed by atoms with Gasteiger partial charge in [-0.15, -0.1) is 5.10 Å². The van der Waals surface area contributed by atoms with Crippen LogP contribution in [0.5, 0.6) is 0 Å². The molecule has 0 spiro atoms. The number of nitrogens with two attached hydrogens (primary N) is 1. The third-order valence-corrected chi connectivity index (χ3v) is 3.05. The van der Waals surface area contributed by atoms with Crippen molar-refractivity contribution in [2.75, 3.05) is 0 Å². The van der Waals surface area contributed by atoms with Gasteiger partial charge in [0.25, 0.3) is 0 Å². The lowest BCUT2D eigenvalue weighted by molar-refractivity contribution is -0.124. The molecule has 1 aliphatic rings. The minimum atomic E-state index is -0.332. The molecule has 1 saturated carbocycles. The summed E-state index contributed by atoms with van der Waals surface area (Å²) in [5, 5.41) is 10.9. The first kappa shape index (κ1) is 12.0. The summed E-state index contributed by atoms with van der Waals surface area (Å²) in [7, 11) is 0. The van der Waals surface area contributed by atoms with E-state index in [1.165, 1.54) is 0 Å². The number of hydrogen-bond acceptors (Lipinski definition) is 4. The Morgan fingerprint density at radius 3 is 3.00 bits per heavy atom. The smallest absolute Gasteiger partial charge is 0.244 e. The van der Waals surface area contributed by atoms with Crippen LogP contribution in [0.25, 0.3) is 0 Å². The van der Waals surface area contributed by atoms with Crippen molar-refractivity contribution in [1.29, 1.82) is 0 Å². The zero-order valence-electron chi connectivity index (χ0n) is 10.3. The molecule has 0 aliphatic heterocycles. The molecule has 1 amide bonds. The average Bonchev–Trinajstić information content (AvgIpc) is 3.00. The van der Waals surface area contributed by atoms with Crippen molar-refractivity contribution in [3.8, 4) is 0 Å². The fourth-order valence-corrected chi connectivity index (χ4v) is 1.53. The van der Waals surface area contributed by atoms with E-state index in [1.54, 1.807) is 10.9 Å². The Hall–Kier alpha value is -1.43. The molecule has 1 aliphatic carbocycles. The van der Waals surface area contributed by atoms with Gasteiger partial charge in [0.05, 0.1) is 17.9 Å². The van der Waals surface area contributed by atoms with E-state index in [0.29, 0.717) is 6.04 Å². The van der Waals surface area contributed by atoms with Gasteiger partial charge < -0.3 is 11.1 Å². The van der Waals surface area contributed by atoms with Gasteiger partial charge in [-0.2, -0.15) is 0 Å². The maximum Gasteiger partial charge on any atom is 0.244 e. The highest BCUT2D eigenvalue weighted by Crippen LogP contribution is 2.20. The highest BCUT2D eigenvalue weighted by atomic mass is 16.2. The van der Waals surface area contributed by atoms with Gasteiger partial charge in [-0.1, -0.05) is 12.1 Å². The summed E-state index contributed by atoms with van der Waals surface area (Å²) >= 11 is 0. The highest BCUT2D eigenvalue weighted by Gasteiger charge is 2.26. The van der Waals surface area contributed by atoms with Crippen molar-refractivity contribution < 1.29 is 4.79 Å². The van der Waals surface area contributed by atoms with Crippen LogP contribution in [0.1, 0.15) is 50.9 Å². The van der Waals surface area contributed by atoms with E-state index in [1.807, 2.05) is 13.8 Å². The van der Waals surface area contributed by atoms with Crippen LogP contribution in [0.4, 0.5) is 0 Å². The first-order valence-corrected chi connectivity index (χ1v) is 6.09. The molecule has 0 saturated heterocycles. The van der Waals surface area contributed by atoms with E-state index < -0.39 is 0 Å². The van der Waals surface area contributed by atoms with Gasteiger partial charge >= 0.3 is 0 Å². The van der Waals surface area contributed by atoms with Gasteiger partial charge in [0, 0.05) is 6.04 Å². The summed E-state index contributed by atoms with van der Waals surface area (Å²) in [6.45, 7) is 3.81. The van der Waals surface area contributed by atoms with Crippen LogP contribution in [0, 0.1) is 0 Å². The van der Waals surface area contributed by atoms with Crippen LogP contribution < -0.4 is 11.1 Å². The number of rotatable bonds is 5. The third-order valence-electron chi connectivity index (χ3n) is 3.05. The highest BCUT2D eigenvalue weighted by molar-refractivity contribution is 5.80. The normalized spacial score (nSPS) is 18.8. The first-order chi connectivity index (χ1) is 8.11. The Morgan fingerprint density at radius 2 is 2.41 bits per heavy atom. The quantitative estimate of drug-likeness (QED) is 0.782. The summed E-state index contributed by atoms with van der Waals surface area (Å²) < 4.78 is 1.57. The van der Waals surface area contributed by atoms with Crippen LogP contribution >= 0.6 is 0 Å². The summed E-state index contributed by atoms with van der Waals surface area (Å²) in [5.41, 5.74) is 6.59. The Labute approximate surface area is 101 Å². The van der Waals surface area contributed by atoms with E-state index >= 15 is 0 Å². The van der Waals surface area contributed by atoms with Crippen LogP contribution in [0.2, 0.25) is 0 Å². The minimum absolute atomic E-state index is 0.00554. The molecule has 6 nitrogen and oxygen atoms in total. The summed E-state index contributed by atoms with van der Waals surface area (Å²) in [5.74, 6) is -0.00554. The maximum absolute atomic E-state index is 11.8. The lowest BCUT2D eigenvalue weighted by Crippen LogP contribution is -2.32. The second kappa shape index (κ2) is 4.83. The standard InChI is InChI=1S/C11H19N5O/c1-3-9(12)10-6-16(15-14-10)7(2)11(17)13-8-4-5-8/h6-9H,3-5,12H2,1-2H3,(H,13,17). The number of amides is 1. The first-order valence-electron chi connectivity index (χ1n) is 6.09. The third kappa shape index (κ3) is 2.82. The predicted molar refractivity (Wildman–Crippen MR) is 63.1 cm³/mol. The molecule has 0 bridgehead atoms. The monoisotopic (exact) mass is 237 g/mol. The average molecular weight is 237 g/mol. The Kier molecular flexibility index (Phi) is 3.42. The van der Waals surface area contributed by atoms with Gasteiger partial charge in [0.1, 0.15) is 6.04 Å². The van der Waals surface area contributed by atoms with Crippen LogP contribution in [0.15, 0.2) is 6.20 Å². The summed E-state index contributed by atoms with van der Waals surface area (Å²) in [4.78, 5) is 11.8. The van der Waals surface area contributed by atoms with Crippen LogP contribution in [-0.4, -0.2) is 26.9 Å². The molecule has 3 N–H and O–H groups in total. The Morgan fingerprint density at radius 1 is 1.71 bits per heavy atom. The van der Waals surface area contributed by atoms with Crippen molar-refractivity contribution in [1.82, 2.24) is 20.3 Å². The molecule has 1 aromatic heterocycles. The molecule has 2 atom stereocenters. The zero-order chi connectivity index (χ0) is 12.4. The number of carbonyl (C=O) groups excluding carboxylic acids is 1. The molecule has 0 radical (unpaired) electrons. The Bertz CT molecular complexity index is 398. The maximum atomic E-state index is 11.8. The molecule has 17 heavy (non-hydrogen) atoms. The summed E-state index contributed by atoms with van der Waals surface area (Å²) in [6.07, 6.45) is 4.73. The van der Waals surface area contributed by atoms with E-state index in [9.17, 15) is 4.79 Å². The van der Waals surface area contributed by atoms with Crippen molar-refractivity contribution in [3.05, 3.63) is 11.9 Å². The fraction of sp³-hybridized carbons (Fsp3) is 0.727. The van der Waals surface area contributed by atoms with Crippen molar-refractivity contribution in [2.24, 2.45) is 5.73 Å². The topological polar surface area (TPSA) is 85.8 Å². The lowest BCUT2D eigenvalue weighted by atomic mass is 10.2. The van der Waals surface area contributed by atoms with Gasteiger partial charge in [-0.3, -0.25) is 4.79 Å². The van der Waals surface area contributed by atoms with E-state index in [-0.39, 0.29) is 18.0 Å². The van der Waals surface area contributed by atoms with Crippen molar-refractivity contribution in [2.45, 2.75) is 51.2 Å². The molecule has 1 fully saturated rings. The summed E-state index contributed by atoms with van der Waals surface area (Å²) in [6, 6.07) is -0.0748. The number of aromatic nitrogens is 3. The molecular weight excluding hydrogens is 218 g/mol. The number of hydrogen-bond donors (Lipinski definition) is 2. The van der Waals surface area contributed by atoms with Gasteiger partial charge in [0.15, 0.2) is 0 Å². The SMILES string of the molecule is CCC(N)c1cn(C(C)C(=O)NC2CC2)nn1. The second-order valence-electron chi connectivity index (χ2n) is 4.60. The van der Waals surface area contributed by atoms with Crippen molar-refractivity contribution >= 4 is 5.91 Å². The molecule has 94 valence electrons. The van der Waals surface area contributed by atoms with E-state index in [2.05, 4.69) is 15.6 Å². The van der Waals surface area contributed by atoms with E-state index in [4.69, 9.17) is 5.73 Å². The fourth-order valence-electron chi connectivity index (χ4n) is 1.53. The predicted octanol–water partition coefficient (Wildman–Crippen LogP) is 0.527. The molecule has 2 rings (SSSR count). The molecule has 6 heteroatoms. The zero-order valence-corrected chi connectivity index (χ0v) is 10.3. The molecule has 1 aromatic rings. The lowest BCUT2D eigenvalue weighted by Gasteiger charge is -2.11.